The predicted molar refractivity (Wildman–Crippen MR) is 63.9 cm³/mol. The summed E-state index contributed by atoms with van der Waals surface area (Å²) in [5.74, 6) is 0. The average Bonchev–Trinajstić information content (AvgIpc) is 2.20. The highest BCUT2D eigenvalue weighted by molar-refractivity contribution is 5.63. The molecule has 0 saturated heterocycles. The van der Waals surface area contributed by atoms with Crippen molar-refractivity contribution in [2.75, 3.05) is 0 Å². The van der Waals surface area contributed by atoms with Gasteiger partial charge in [0.25, 0.3) is 0 Å². The van der Waals surface area contributed by atoms with Crippen LogP contribution >= 0.6 is 0 Å². The molecule has 1 aromatic heterocycles. The Morgan fingerprint density at radius 2 is 1.60 bits per heavy atom. The Bertz CT molecular complexity index is 469. The first kappa shape index (κ1) is 9.91. The number of nitrogens with zero attached hydrogens (tertiary/aromatic N) is 1. The average molecular weight is 197 g/mol. The van der Waals surface area contributed by atoms with Crippen LogP contribution in [0.15, 0.2) is 36.5 Å². The van der Waals surface area contributed by atoms with Gasteiger partial charge in [0.05, 0.1) is 5.69 Å². The van der Waals surface area contributed by atoms with Crippen molar-refractivity contribution in [1.29, 1.82) is 0 Å². The van der Waals surface area contributed by atoms with E-state index in [1.165, 1.54) is 22.3 Å². The molecule has 1 aromatic carbocycles. The summed E-state index contributed by atoms with van der Waals surface area (Å²) in [4.78, 5) is 4.44. The molecule has 0 unspecified atom stereocenters. The monoisotopic (exact) mass is 197 g/mol. The van der Waals surface area contributed by atoms with Crippen molar-refractivity contribution in [2.24, 2.45) is 0 Å². The van der Waals surface area contributed by atoms with E-state index in [0.717, 1.165) is 5.69 Å². The van der Waals surface area contributed by atoms with Gasteiger partial charge in [-0.1, -0.05) is 29.8 Å². The van der Waals surface area contributed by atoms with Crippen LogP contribution in [0.5, 0.6) is 0 Å². The Kier molecular flexibility index (Phi) is 2.55. The summed E-state index contributed by atoms with van der Waals surface area (Å²) < 4.78 is 0. The number of rotatable bonds is 1. The van der Waals surface area contributed by atoms with Gasteiger partial charge in [0.1, 0.15) is 0 Å². The molecule has 1 nitrogen and oxygen atoms in total. The van der Waals surface area contributed by atoms with Crippen LogP contribution in [0.1, 0.15) is 16.7 Å². The van der Waals surface area contributed by atoms with Gasteiger partial charge in [-0.15, -0.1) is 0 Å². The van der Waals surface area contributed by atoms with Crippen molar-refractivity contribution in [1.82, 2.24) is 4.98 Å². The number of benzene rings is 1. The van der Waals surface area contributed by atoms with Crippen molar-refractivity contribution in [3.05, 3.63) is 53.2 Å². The largest absolute Gasteiger partial charge is 0.256 e. The van der Waals surface area contributed by atoms with Crippen LogP contribution < -0.4 is 0 Å². The summed E-state index contributed by atoms with van der Waals surface area (Å²) in [6, 6.07) is 10.6. The fourth-order valence-electron chi connectivity index (χ4n) is 1.73. The number of hydrogen-bond donors (Lipinski definition) is 0. The summed E-state index contributed by atoms with van der Waals surface area (Å²) in [5, 5.41) is 0. The maximum absolute atomic E-state index is 4.44. The van der Waals surface area contributed by atoms with Gasteiger partial charge in [0.2, 0.25) is 0 Å². The Labute approximate surface area is 90.8 Å². The molecule has 15 heavy (non-hydrogen) atoms. The van der Waals surface area contributed by atoms with E-state index in [1.807, 2.05) is 6.20 Å². The normalized spacial score (nSPS) is 10.3. The Balaban J connectivity index is 2.49. The molecular formula is C14H15N. The first-order valence-electron chi connectivity index (χ1n) is 5.17. The number of aryl methyl sites for hydroxylation is 3. The summed E-state index contributed by atoms with van der Waals surface area (Å²) in [7, 11) is 0. The molecule has 0 atom stereocenters. The van der Waals surface area contributed by atoms with Crippen LogP contribution in [-0.4, -0.2) is 4.98 Å². The first-order valence-corrected chi connectivity index (χ1v) is 5.17. The van der Waals surface area contributed by atoms with E-state index < -0.39 is 0 Å². The molecule has 1 heterocycles. The molecule has 0 radical (unpaired) electrons. The zero-order valence-corrected chi connectivity index (χ0v) is 9.41. The van der Waals surface area contributed by atoms with E-state index in [9.17, 15) is 0 Å². The lowest BCUT2D eigenvalue weighted by molar-refractivity contribution is 1.25. The van der Waals surface area contributed by atoms with Gasteiger partial charge < -0.3 is 0 Å². The highest BCUT2D eigenvalue weighted by Gasteiger charge is 2.02. The second kappa shape index (κ2) is 3.85. The molecule has 2 rings (SSSR count). The maximum atomic E-state index is 4.44. The molecular weight excluding hydrogens is 182 g/mol. The van der Waals surface area contributed by atoms with Crippen LogP contribution in [0, 0.1) is 20.8 Å². The summed E-state index contributed by atoms with van der Waals surface area (Å²) in [5.41, 5.74) is 6.05. The highest BCUT2D eigenvalue weighted by atomic mass is 14.7. The minimum Gasteiger partial charge on any atom is -0.256 e. The summed E-state index contributed by atoms with van der Waals surface area (Å²) >= 11 is 0. The van der Waals surface area contributed by atoms with Gasteiger partial charge in [-0.2, -0.15) is 0 Å². The van der Waals surface area contributed by atoms with Crippen LogP contribution in [0.3, 0.4) is 0 Å². The highest BCUT2D eigenvalue weighted by Crippen LogP contribution is 2.22. The van der Waals surface area contributed by atoms with E-state index in [-0.39, 0.29) is 0 Å². The molecule has 76 valence electrons. The number of aromatic nitrogens is 1. The smallest absolute Gasteiger partial charge is 0.0704 e. The van der Waals surface area contributed by atoms with Crippen LogP contribution in [0.2, 0.25) is 0 Å². The van der Waals surface area contributed by atoms with Gasteiger partial charge in [0.15, 0.2) is 0 Å². The third-order valence-electron chi connectivity index (χ3n) is 2.57. The van der Waals surface area contributed by atoms with E-state index in [1.54, 1.807) is 0 Å². The van der Waals surface area contributed by atoms with Gasteiger partial charge in [-0.3, -0.25) is 4.98 Å². The van der Waals surface area contributed by atoms with Crippen molar-refractivity contribution >= 4 is 0 Å². The number of hydrogen-bond acceptors (Lipinski definition) is 1. The third-order valence-corrected chi connectivity index (χ3v) is 2.57. The van der Waals surface area contributed by atoms with Crippen LogP contribution in [-0.2, 0) is 0 Å². The summed E-state index contributed by atoms with van der Waals surface area (Å²) in [6.07, 6.45) is 1.91. The molecule has 0 aliphatic rings. The molecule has 0 fully saturated rings. The molecule has 0 saturated carbocycles. The van der Waals surface area contributed by atoms with Gasteiger partial charge in [-0.05, 0) is 38.0 Å². The van der Waals surface area contributed by atoms with Gasteiger partial charge >= 0.3 is 0 Å². The molecule has 0 N–H and O–H groups in total. The van der Waals surface area contributed by atoms with Crippen molar-refractivity contribution in [3.63, 3.8) is 0 Å². The first-order chi connectivity index (χ1) is 7.16. The topological polar surface area (TPSA) is 12.9 Å². The zero-order valence-electron chi connectivity index (χ0n) is 9.41. The second-order valence-electron chi connectivity index (χ2n) is 4.04. The van der Waals surface area contributed by atoms with Crippen molar-refractivity contribution in [3.8, 4) is 11.3 Å². The maximum Gasteiger partial charge on any atom is 0.0704 e. The van der Waals surface area contributed by atoms with E-state index in [4.69, 9.17) is 0 Å². The minimum absolute atomic E-state index is 1.05. The van der Waals surface area contributed by atoms with Gasteiger partial charge in [0, 0.05) is 11.8 Å². The lowest BCUT2D eigenvalue weighted by Gasteiger charge is -2.06. The minimum atomic E-state index is 1.05. The van der Waals surface area contributed by atoms with Crippen LogP contribution in [0.4, 0.5) is 0 Å². The third kappa shape index (κ3) is 2.07. The van der Waals surface area contributed by atoms with Crippen molar-refractivity contribution in [2.45, 2.75) is 20.8 Å². The molecule has 0 amide bonds. The lowest BCUT2D eigenvalue weighted by atomic mass is 10.0. The Morgan fingerprint density at radius 3 is 2.20 bits per heavy atom. The Hall–Kier alpha value is -1.63. The van der Waals surface area contributed by atoms with E-state index >= 15 is 0 Å². The molecule has 1 heteroatoms. The second-order valence-corrected chi connectivity index (χ2v) is 4.04. The SMILES string of the molecule is Cc1ccc(-c2ccc(C)cc2C)nc1. The predicted octanol–water partition coefficient (Wildman–Crippen LogP) is 3.67. The number of pyridine rings is 1. The Morgan fingerprint density at radius 1 is 0.867 bits per heavy atom. The zero-order chi connectivity index (χ0) is 10.8. The van der Waals surface area contributed by atoms with E-state index in [0.29, 0.717) is 0 Å². The van der Waals surface area contributed by atoms with Crippen LogP contribution in [0.25, 0.3) is 11.3 Å². The quantitative estimate of drug-likeness (QED) is 0.679. The lowest BCUT2D eigenvalue weighted by Crippen LogP contribution is -1.88. The van der Waals surface area contributed by atoms with Gasteiger partial charge in [-0.25, -0.2) is 0 Å². The molecule has 0 aliphatic heterocycles. The molecule has 2 aromatic rings. The standard InChI is InChI=1S/C14H15N/c1-10-4-6-13(12(3)8-10)14-7-5-11(2)9-15-14/h4-9H,1-3H3. The molecule has 0 aliphatic carbocycles. The van der Waals surface area contributed by atoms with E-state index in [2.05, 4.69) is 56.1 Å². The van der Waals surface area contributed by atoms with Crippen molar-refractivity contribution < 1.29 is 0 Å². The fraction of sp³-hybridized carbons (Fsp3) is 0.214. The molecule has 0 spiro atoms. The summed E-state index contributed by atoms with van der Waals surface area (Å²) in [6.45, 7) is 6.29. The molecule has 0 bridgehead atoms. The fourth-order valence-corrected chi connectivity index (χ4v) is 1.73.